The predicted octanol–water partition coefficient (Wildman–Crippen LogP) is 1.33. The molecule has 0 aliphatic carbocycles. The van der Waals surface area contributed by atoms with Crippen LogP contribution in [0.15, 0.2) is 54.7 Å². The Morgan fingerprint density at radius 3 is 2.54 bits per heavy atom. The van der Waals surface area contributed by atoms with E-state index in [1.165, 1.54) is 5.82 Å². The molecule has 2 aromatic carbocycles. The Hall–Kier alpha value is -2.11. The van der Waals surface area contributed by atoms with Crippen LogP contribution < -0.4 is 26.3 Å². The Bertz CT molecular complexity index is 965. The first-order chi connectivity index (χ1) is 13.2. The van der Waals surface area contributed by atoms with Crippen LogP contribution in [0, 0.1) is 0 Å². The Balaban J connectivity index is 0.00000225. The van der Waals surface area contributed by atoms with E-state index in [4.69, 9.17) is 16.3 Å². The van der Waals surface area contributed by atoms with Crippen LogP contribution >= 0.6 is 11.6 Å². The van der Waals surface area contributed by atoms with Crippen LogP contribution in [0.5, 0.6) is 5.75 Å². The van der Waals surface area contributed by atoms with E-state index in [0.717, 1.165) is 36.4 Å². The van der Waals surface area contributed by atoms with Gasteiger partial charge in [-0.1, -0.05) is 11.6 Å². The Morgan fingerprint density at radius 2 is 1.86 bits per heavy atom. The number of ketones is 1. The van der Waals surface area contributed by atoms with Gasteiger partial charge in [-0.15, -0.1) is 0 Å². The van der Waals surface area contributed by atoms with Crippen molar-refractivity contribution >= 4 is 17.4 Å². The fourth-order valence-electron chi connectivity index (χ4n) is 3.65. The maximum absolute atomic E-state index is 12.7. The van der Waals surface area contributed by atoms with Gasteiger partial charge in [0, 0.05) is 16.1 Å². The first kappa shape index (κ1) is 20.6. The summed E-state index contributed by atoms with van der Waals surface area (Å²) in [5, 5.41) is 0.641. The number of Topliss-reactive ketones (excluding diaryl/α,β-unsaturated/α-hetero) is 1. The van der Waals surface area contributed by atoms with Crippen LogP contribution in [0.1, 0.15) is 29.5 Å². The van der Waals surface area contributed by atoms with E-state index in [-0.39, 0.29) is 22.8 Å². The van der Waals surface area contributed by atoms with E-state index in [9.17, 15) is 4.79 Å². The number of nitrogens with zero attached hydrogens (tertiary/aromatic N) is 2. The molecule has 3 aromatic rings. The second-order valence-electron chi connectivity index (χ2n) is 6.70. The molecule has 0 fully saturated rings. The summed E-state index contributed by atoms with van der Waals surface area (Å²) in [7, 11) is 0. The lowest BCUT2D eigenvalue weighted by atomic mass is 10.1. The lowest BCUT2D eigenvalue weighted by Crippen LogP contribution is -3.00. The van der Waals surface area contributed by atoms with Gasteiger partial charge in [-0.2, -0.15) is 0 Å². The van der Waals surface area contributed by atoms with Crippen molar-refractivity contribution in [2.75, 3.05) is 6.61 Å². The van der Waals surface area contributed by atoms with Crippen molar-refractivity contribution in [1.29, 1.82) is 0 Å². The number of carbonyl (C=O) groups excluding carboxylic acids is 1. The van der Waals surface area contributed by atoms with E-state index < -0.39 is 0 Å². The number of aromatic nitrogens is 2. The average Bonchev–Trinajstić information content (AvgIpc) is 3.27. The Morgan fingerprint density at radius 1 is 1.14 bits per heavy atom. The quantitative estimate of drug-likeness (QED) is 0.410. The van der Waals surface area contributed by atoms with Gasteiger partial charge >= 0.3 is 0 Å². The van der Waals surface area contributed by atoms with Crippen molar-refractivity contribution in [3.63, 3.8) is 0 Å². The molecule has 1 aliphatic rings. The standard InChI is InChI=1S/C22H22ClN2O2.BrH/c1-2-27-19-11-7-16(8-12-19)20-14-24(22-4-3-13-25(20)22)15-21(26)17-5-9-18(23)10-6-17;/h5-12,14H,2-4,13,15H2,1H3;1H/q+1;/p-1. The van der Waals surface area contributed by atoms with Crippen molar-refractivity contribution in [3.05, 3.63) is 71.1 Å². The zero-order chi connectivity index (χ0) is 18.8. The molecule has 28 heavy (non-hydrogen) atoms. The fraction of sp³-hybridized carbons (Fsp3) is 0.273. The molecular weight excluding hydrogens is 440 g/mol. The maximum Gasteiger partial charge on any atom is 0.257 e. The number of halogens is 2. The number of carbonyl (C=O) groups is 1. The molecule has 0 saturated heterocycles. The maximum atomic E-state index is 12.7. The van der Waals surface area contributed by atoms with Crippen molar-refractivity contribution in [2.45, 2.75) is 32.9 Å². The monoisotopic (exact) mass is 460 g/mol. The van der Waals surface area contributed by atoms with Gasteiger partial charge in [0.25, 0.3) is 5.82 Å². The van der Waals surface area contributed by atoms with Gasteiger partial charge in [0.2, 0.25) is 5.78 Å². The first-order valence-corrected chi connectivity index (χ1v) is 9.67. The van der Waals surface area contributed by atoms with Gasteiger partial charge in [-0.3, -0.25) is 4.79 Å². The second-order valence-corrected chi connectivity index (χ2v) is 7.14. The third-order valence-corrected chi connectivity index (χ3v) is 5.19. The first-order valence-electron chi connectivity index (χ1n) is 9.29. The minimum absolute atomic E-state index is 0. The van der Waals surface area contributed by atoms with Gasteiger partial charge < -0.3 is 21.7 Å². The lowest BCUT2D eigenvalue weighted by molar-refractivity contribution is -0.689. The number of hydrogen-bond acceptors (Lipinski definition) is 2. The van der Waals surface area contributed by atoms with Crippen LogP contribution in [0.25, 0.3) is 11.3 Å². The number of ether oxygens (including phenoxy) is 1. The minimum Gasteiger partial charge on any atom is -1.00 e. The molecule has 0 atom stereocenters. The van der Waals surface area contributed by atoms with Crippen LogP contribution in [-0.4, -0.2) is 17.0 Å². The average molecular weight is 462 g/mol. The second kappa shape index (κ2) is 8.93. The highest BCUT2D eigenvalue weighted by Gasteiger charge is 2.29. The molecule has 0 amide bonds. The summed E-state index contributed by atoms with van der Waals surface area (Å²) in [6, 6.07) is 15.2. The molecule has 146 valence electrons. The molecule has 1 aliphatic heterocycles. The number of hydrogen-bond donors (Lipinski definition) is 0. The molecular formula is C22H22BrClN2O2. The Kier molecular flexibility index (Phi) is 6.57. The van der Waals surface area contributed by atoms with E-state index in [1.54, 1.807) is 24.3 Å². The number of benzene rings is 2. The normalized spacial score (nSPS) is 12.4. The molecule has 4 nitrogen and oxygen atoms in total. The van der Waals surface area contributed by atoms with Crippen molar-refractivity contribution in [1.82, 2.24) is 4.57 Å². The number of rotatable bonds is 6. The largest absolute Gasteiger partial charge is 1.00 e. The zero-order valence-corrected chi connectivity index (χ0v) is 18.0. The summed E-state index contributed by atoms with van der Waals surface area (Å²) in [6.45, 7) is 3.97. The SMILES string of the molecule is CCOc1ccc(-c2c[n+](CC(=O)c3ccc(Cl)cc3)c3n2CCC3)cc1.[Br-]. The molecule has 0 bridgehead atoms. The van der Waals surface area contributed by atoms with E-state index in [2.05, 4.69) is 27.5 Å². The van der Waals surface area contributed by atoms with Gasteiger partial charge in [0.1, 0.15) is 11.9 Å². The highest BCUT2D eigenvalue weighted by atomic mass is 79.9. The van der Waals surface area contributed by atoms with Crippen molar-refractivity contribution in [3.8, 4) is 17.0 Å². The van der Waals surface area contributed by atoms with E-state index in [0.29, 0.717) is 23.7 Å². The number of fused-ring (bicyclic) bond motifs is 1. The highest BCUT2D eigenvalue weighted by molar-refractivity contribution is 6.30. The van der Waals surface area contributed by atoms with Crippen LogP contribution in [0.3, 0.4) is 0 Å². The predicted molar refractivity (Wildman–Crippen MR) is 105 cm³/mol. The third kappa shape index (κ3) is 4.15. The van der Waals surface area contributed by atoms with Gasteiger partial charge in [-0.05, 0) is 61.9 Å². The molecule has 1 aromatic heterocycles. The molecule has 6 heteroatoms. The van der Waals surface area contributed by atoms with Gasteiger partial charge in [0.15, 0.2) is 12.2 Å². The van der Waals surface area contributed by atoms with Gasteiger partial charge in [0.05, 0.1) is 19.6 Å². The molecule has 0 unspecified atom stereocenters. The topological polar surface area (TPSA) is 35.1 Å². The summed E-state index contributed by atoms with van der Waals surface area (Å²) in [6.07, 6.45) is 4.19. The summed E-state index contributed by atoms with van der Waals surface area (Å²) >= 11 is 5.93. The molecule has 0 saturated carbocycles. The summed E-state index contributed by atoms with van der Waals surface area (Å²) in [4.78, 5) is 12.7. The summed E-state index contributed by atoms with van der Waals surface area (Å²) in [5.41, 5.74) is 2.97. The van der Waals surface area contributed by atoms with Crippen LogP contribution in [-0.2, 0) is 19.5 Å². The summed E-state index contributed by atoms with van der Waals surface area (Å²) in [5.74, 6) is 2.18. The third-order valence-electron chi connectivity index (χ3n) is 4.94. The molecule has 0 spiro atoms. The number of imidazole rings is 1. The summed E-state index contributed by atoms with van der Waals surface area (Å²) < 4.78 is 9.96. The smallest absolute Gasteiger partial charge is 0.257 e. The Labute approximate surface area is 180 Å². The van der Waals surface area contributed by atoms with Crippen LogP contribution in [0.4, 0.5) is 0 Å². The minimum atomic E-state index is 0. The fourth-order valence-corrected chi connectivity index (χ4v) is 3.77. The molecule has 4 rings (SSSR count). The molecule has 2 heterocycles. The van der Waals surface area contributed by atoms with Crippen LogP contribution in [0.2, 0.25) is 5.02 Å². The zero-order valence-electron chi connectivity index (χ0n) is 15.7. The lowest BCUT2D eigenvalue weighted by Gasteiger charge is -2.03. The van der Waals surface area contributed by atoms with Gasteiger partial charge in [-0.25, -0.2) is 9.13 Å². The highest BCUT2D eigenvalue weighted by Crippen LogP contribution is 2.26. The van der Waals surface area contributed by atoms with E-state index >= 15 is 0 Å². The van der Waals surface area contributed by atoms with Crippen molar-refractivity contribution in [2.24, 2.45) is 0 Å². The molecule has 0 N–H and O–H groups in total. The molecule has 0 radical (unpaired) electrons. The van der Waals surface area contributed by atoms with Crippen molar-refractivity contribution < 1.29 is 31.1 Å². The van der Waals surface area contributed by atoms with E-state index in [1.807, 2.05) is 19.1 Å².